The molecule has 0 heterocycles. The first-order valence-corrected chi connectivity index (χ1v) is 9.72. The molecule has 1 aliphatic rings. The number of nitrogens with zero attached hydrogens (tertiary/aromatic N) is 1. The van der Waals surface area contributed by atoms with Crippen LogP contribution in [0.1, 0.15) is 38.7 Å². The fraction of sp³-hybridized carbons (Fsp3) is 0.600. The molecule has 1 atom stereocenters. The summed E-state index contributed by atoms with van der Waals surface area (Å²) in [6.07, 6.45) is 4.03. The number of benzene rings is 1. The van der Waals surface area contributed by atoms with Crippen molar-refractivity contribution in [3.05, 3.63) is 35.9 Å². The van der Waals surface area contributed by atoms with Crippen LogP contribution in [0.5, 0.6) is 0 Å². The van der Waals surface area contributed by atoms with Gasteiger partial charge >= 0.3 is 6.09 Å². The second kappa shape index (κ2) is 13.6. The average molecular weight is 488 g/mol. The van der Waals surface area contributed by atoms with Gasteiger partial charge in [0.25, 0.3) is 0 Å². The zero-order valence-corrected chi connectivity index (χ0v) is 18.7. The molecule has 1 amide bonds. The van der Waals surface area contributed by atoms with Crippen molar-refractivity contribution in [2.75, 3.05) is 26.2 Å². The minimum Gasteiger partial charge on any atom is -0.450 e. The van der Waals surface area contributed by atoms with Gasteiger partial charge in [-0.15, -0.1) is 24.0 Å². The summed E-state index contributed by atoms with van der Waals surface area (Å²) in [7, 11) is 0. The molecule has 1 fully saturated rings. The molecule has 6 nitrogen and oxygen atoms in total. The van der Waals surface area contributed by atoms with Gasteiger partial charge in [0.1, 0.15) is 0 Å². The van der Waals surface area contributed by atoms with Gasteiger partial charge < -0.3 is 20.7 Å². The van der Waals surface area contributed by atoms with E-state index in [-0.39, 0.29) is 36.1 Å². The Morgan fingerprint density at radius 3 is 2.59 bits per heavy atom. The lowest BCUT2D eigenvalue weighted by Crippen LogP contribution is -2.42. The van der Waals surface area contributed by atoms with Crippen LogP contribution < -0.4 is 16.0 Å². The summed E-state index contributed by atoms with van der Waals surface area (Å²) < 4.78 is 5.00. The molecule has 2 rings (SSSR count). The van der Waals surface area contributed by atoms with E-state index in [1.54, 1.807) is 0 Å². The SMILES string of the molecule is CCNC(=NCC(NC(=O)OCC)C1CC1)NCCCc1ccccc1.I. The predicted molar refractivity (Wildman–Crippen MR) is 121 cm³/mol. The predicted octanol–water partition coefficient (Wildman–Crippen LogP) is 3.32. The quantitative estimate of drug-likeness (QED) is 0.205. The number of aliphatic imine (C=N–C) groups is 1. The Bertz CT molecular complexity index is 564. The first kappa shape index (κ1) is 23.5. The van der Waals surface area contributed by atoms with Crippen molar-refractivity contribution in [3.8, 4) is 0 Å². The number of hydrogen-bond donors (Lipinski definition) is 3. The van der Waals surface area contributed by atoms with Gasteiger partial charge in [-0.25, -0.2) is 4.79 Å². The van der Waals surface area contributed by atoms with E-state index in [2.05, 4.69) is 52.1 Å². The molecule has 7 heteroatoms. The van der Waals surface area contributed by atoms with E-state index in [1.807, 2.05) is 13.0 Å². The number of alkyl carbamates (subject to hydrolysis) is 1. The Morgan fingerprint density at radius 1 is 1.22 bits per heavy atom. The van der Waals surface area contributed by atoms with E-state index >= 15 is 0 Å². The van der Waals surface area contributed by atoms with Crippen LogP contribution in [0.3, 0.4) is 0 Å². The standard InChI is InChI=1S/C20H32N4O2.HI/c1-3-21-19(22-14-8-11-16-9-6-5-7-10-16)23-15-18(17-12-13-17)24-20(25)26-4-2;/h5-7,9-10,17-18H,3-4,8,11-15H2,1-2H3,(H,24,25)(H2,21,22,23);1H. The van der Waals surface area contributed by atoms with E-state index in [9.17, 15) is 4.79 Å². The van der Waals surface area contributed by atoms with Gasteiger partial charge in [0.15, 0.2) is 5.96 Å². The maximum absolute atomic E-state index is 11.7. The van der Waals surface area contributed by atoms with Crippen LogP contribution >= 0.6 is 24.0 Å². The normalized spacial score (nSPS) is 14.7. The Labute approximate surface area is 179 Å². The highest BCUT2D eigenvalue weighted by molar-refractivity contribution is 14.0. The zero-order chi connectivity index (χ0) is 18.6. The lowest BCUT2D eigenvalue weighted by molar-refractivity contribution is 0.147. The Morgan fingerprint density at radius 2 is 1.96 bits per heavy atom. The third-order valence-corrected chi connectivity index (χ3v) is 4.34. The first-order valence-electron chi connectivity index (χ1n) is 9.72. The Kier molecular flexibility index (Phi) is 11.9. The minimum absolute atomic E-state index is 0. The molecule has 0 aromatic heterocycles. The van der Waals surface area contributed by atoms with Crippen molar-refractivity contribution in [1.82, 2.24) is 16.0 Å². The number of hydrogen-bond acceptors (Lipinski definition) is 3. The van der Waals surface area contributed by atoms with E-state index in [0.29, 0.717) is 19.1 Å². The number of ether oxygens (including phenoxy) is 1. The molecule has 0 aliphatic heterocycles. The number of nitrogens with one attached hydrogen (secondary N) is 3. The van der Waals surface area contributed by atoms with Crippen molar-refractivity contribution < 1.29 is 9.53 Å². The van der Waals surface area contributed by atoms with Gasteiger partial charge in [-0.05, 0) is 51.0 Å². The molecular formula is C20H33IN4O2. The molecule has 152 valence electrons. The maximum Gasteiger partial charge on any atom is 0.407 e. The lowest BCUT2D eigenvalue weighted by atomic mass is 10.1. The molecule has 1 aromatic carbocycles. The summed E-state index contributed by atoms with van der Waals surface area (Å²) in [5.41, 5.74) is 1.35. The molecule has 0 spiro atoms. The smallest absolute Gasteiger partial charge is 0.407 e. The highest BCUT2D eigenvalue weighted by atomic mass is 127. The molecule has 0 bridgehead atoms. The number of halogens is 1. The van der Waals surface area contributed by atoms with Crippen molar-refractivity contribution in [3.63, 3.8) is 0 Å². The Balaban J connectivity index is 0.00000364. The zero-order valence-electron chi connectivity index (χ0n) is 16.4. The summed E-state index contributed by atoms with van der Waals surface area (Å²) in [6.45, 7) is 6.49. The van der Waals surface area contributed by atoms with E-state index in [0.717, 1.165) is 44.7 Å². The van der Waals surface area contributed by atoms with Gasteiger partial charge in [-0.3, -0.25) is 4.99 Å². The fourth-order valence-corrected chi connectivity index (χ4v) is 2.81. The third-order valence-electron chi connectivity index (χ3n) is 4.34. The molecular weight excluding hydrogens is 455 g/mol. The fourth-order valence-electron chi connectivity index (χ4n) is 2.81. The molecule has 1 saturated carbocycles. The molecule has 1 aliphatic carbocycles. The summed E-state index contributed by atoms with van der Waals surface area (Å²) in [6, 6.07) is 10.5. The highest BCUT2D eigenvalue weighted by Gasteiger charge is 2.32. The number of amides is 1. The van der Waals surface area contributed by atoms with Crippen LogP contribution in [0.4, 0.5) is 4.79 Å². The van der Waals surface area contributed by atoms with Crippen LogP contribution in [-0.2, 0) is 11.2 Å². The van der Waals surface area contributed by atoms with Crippen LogP contribution in [0, 0.1) is 5.92 Å². The monoisotopic (exact) mass is 488 g/mol. The summed E-state index contributed by atoms with van der Waals surface area (Å²) in [5.74, 6) is 1.32. The van der Waals surface area contributed by atoms with Crippen LogP contribution in [-0.4, -0.2) is 44.3 Å². The van der Waals surface area contributed by atoms with Crippen molar-refractivity contribution in [2.24, 2.45) is 10.9 Å². The number of carbonyl (C=O) groups excluding carboxylic acids is 1. The van der Waals surface area contributed by atoms with Crippen molar-refractivity contribution >= 4 is 36.0 Å². The van der Waals surface area contributed by atoms with E-state index in [1.165, 1.54) is 5.56 Å². The molecule has 0 saturated heterocycles. The van der Waals surface area contributed by atoms with Gasteiger partial charge in [-0.2, -0.15) is 0 Å². The second-order valence-corrected chi connectivity index (χ2v) is 6.54. The van der Waals surface area contributed by atoms with Gasteiger partial charge in [-0.1, -0.05) is 30.3 Å². The molecule has 3 N–H and O–H groups in total. The minimum atomic E-state index is -0.347. The van der Waals surface area contributed by atoms with Crippen LogP contribution in [0.25, 0.3) is 0 Å². The van der Waals surface area contributed by atoms with Crippen LogP contribution in [0.2, 0.25) is 0 Å². The number of aryl methyl sites for hydroxylation is 1. The first-order chi connectivity index (χ1) is 12.7. The third kappa shape index (κ3) is 9.83. The number of rotatable bonds is 10. The van der Waals surface area contributed by atoms with E-state index in [4.69, 9.17) is 4.74 Å². The molecule has 27 heavy (non-hydrogen) atoms. The number of guanidine groups is 1. The second-order valence-electron chi connectivity index (χ2n) is 6.54. The van der Waals surface area contributed by atoms with Gasteiger partial charge in [0.05, 0.1) is 19.2 Å². The van der Waals surface area contributed by atoms with E-state index < -0.39 is 0 Å². The summed E-state index contributed by atoms with van der Waals surface area (Å²) in [4.78, 5) is 16.3. The average Bonchev–Trinajstić information content (AvgIpc) is 3.48. The van der Waals surface area contributed by atoms with Gasteiger partial charge in [0, 0.05) is 13.1 Å². The highest BCUT2D eigenvalue weighted by Crippen LogP contribution is 2.32. The van der Waals surface area contributed by atoms with Crippen molar-refractivity contribution in [1.29, 1.82) is 0 Å². The number of carbonyl (C=O) groups is 1. The van der Waals surface area contributed by atoms with Crippen LogP contribution in [0.15, 0.2) is 35.3 Å². The molecule has 1 aromatic rings. The maximum atomic E-state index is 11.7. The topological polar surface area (TPSA) is 74.8 Å². The van der Waals surface area contributed by atoms with Gasteiger partial charge in [0.2, 0.25) is 0 Å². The largest absolute Gasteiger partial charge is 0.450 e. The van der Waals surface area contributed by atoms with Crippen molar-refractivity contribution in [2.45, 2.75) is 45.6 Å². The lowest BCUT2D eigenvalue weighted by Gasteiger charge is -2.17. The summed E-state index contributed by atoms with van der Waals surface area (Å²) >= 11 is 0. The summed E-state index contributed by atoms with van der Waals surface area (Å²) in [5, 5.41) is 9.59. The molecule has 0 radical (unpaired) electrons. The Hall–Kier alpha value is -1.51. The molecule has 1 unspecified atom stereocenters.